The van der Waals surface area contributed by atoms with E-state index in [2.05, 4.69) is 4.98 Å². The number of sulfonamides is 1. The fraction of sp³-hybridized carbons (Fsp3) is 0.238. The number of rotatable bonds is 6. The highest BCUT2D eigenvalue weighted by atomic mass is 32.2. The van der Waals surface area contributed by atoms with Crippen LogP contribution in [-0.4, -0.2) is 22.8 Å². The molecule has 1 unspecified atom stereocenters. The lowest BCUT2D eigenvalue weighted by Crippen LogP contribution is -2.24. The van der Waals surface area contributed by atoms with Gasteiger partial charge in [-0.2, -0.15) is 0 Å². The Bertz CT molecular complexity index is 1100. The number of thiocarbonyl (C=S) groups is 1. The van der Waals surface area contributed by atoms with Crippen molar-refractivity contribution in [2.75, 3.05) is 0 Å². The number of hydrogen-bond donors (Lipinski definition) is 1. The fourth-order valence-electron chi connectivity index (χ4n) is 3.37. The van der Waals surface area contributed by atoms with E-state index in [1.807, 2.05) is 55.8 Å². The molecule has 3 aromatic rings. The summed E-state index contributed by atoms with van der Waals surface area (Å²) in [5.41, 5.74) is 5.47. The van der Waals surface area contributed by atoms with E-state index in [0.29, 0.717) is 5.56 Å². The second-order valence-electron chi connectivity index (χ2n) is 6.99. The average molecular weight is 414 g/mol. The zero-order chi connectivity index (χ0) is 20.5. The Balaban J connectivity index is 1.99. The molecule has 7 heteroatoms. The molecule has 0 spiro atoms. The maximum atomic E-state index is 12.2. The van der Waals surface area contributed by atoms with E-state index in [-0.39, 0.29) is 6.42 Å². The Morgan fingerprint density at radius 2 is 1.89 bits per heavy atom. The van der Waals surface area contributed by atoms with Crippen molar-refractivity contribution in [2.24, 2.45) is 12.2 Å². The van der Waals surface area contributed by atoms with Crippen LogP contribution < -0.4 is 5.14 Å². The largest absolute Gasteiger partial charge is 0.347 e. The number of aryl methyl sites for hydroxylation is 2. The summed E-state index contributed by atoms with van der Waals surface area (Å²) in [5, 5.41) is 4.66. The van der Waals surface area contributed by atoms with Crippen molar-refractivity contribution in [3.8, 4) is 0 Å². The monoisotopic (exact) mass is 413 g/mol. The lowest BCUT2D eigenvalue weighted by Gasteiger charge is -2.16. The van der Waals surface area contributed by atoms with Crippen LogP contribution in [0.15, 0.2) is 54.9 Å². The van der Waals surface area contributed by atoms with Crippen LogP contribution in [0, 0.1) is 13.8 Å². The molecule has 2 heterocycles. The molecule has 0 fully saturated rings. The highest BCUT2D eigenvalue weighted by Crippen LogP contribution is 2.27. The van der Waals surface area contributed by atoms with Gasteiger partial charge in [0.25, 0.3) is 0 Å². The normalized spacial score (nSPS) is 12.7. The number of benzene rings is 1. The van der Waals surface area contributed by atoms with Crippen molar-refractivity contribution < 1.29 is 8.42 Å². The van der Waals surface area contributed by atoms with Crippen molar-refractivity contribution in [3.63, 3.8) is 0 Å². The highest BCUT2D eigenvalue weighted by molar-refractivity contribution is 7.89. The molecule has 5 nitrogen and oxygen atoms in total. The predicted octanol–water partition coefficient (Wildman–Crippen LogP) is 3.38. The molecule has 0 aliphatic rings. The summed E-state index contributed by atoms with van der Waals surface area (Å²) in [6.07, 6.45) is 3.40. The Morgan fingerprint density at radius 1 is 1.21 bits per heavy atom. The van der Waals surface area contributed by atoms with E-state index in [4.69, 9.17) is 17.4 Å². The number of hydrogen-bond acceptors (Lipinski definition) is 4. The first-order valence-corrected chi connectivity index (χ1v) is 10.9. The van der Waals surface area contributed by atoms with Crippen LogP contribution in [0.25, 0.3) is 0 Å². The molecule has 28 heavy (non-hydrogen) atoms. The lowest BCUT2D eigenvalue weighted by molar-refractivity contribution is 0.580. The van der Waals surface area contributed by atoms with Crippen molar-refractivity contribution in [1.82, 2.24) is 9.55 Å². The summed E-state index contributed by atoms with van der Waals surface area (Å²) in [6.45, 7) is 4.01. The molecule has 0 saturated carbocycles. The third kappa shape index (κ3) is 4.22. The molecule has 0 amide bonds. The van der Waals surface area contributed by atoms with Gasteiger partial charge < -0.3 is 4.57 Å². The second-order valence-corrected chi connectivity index (χ2v) is 9.14. The van der Waals surface area contributed by atoms with Crippen LogP contribution in [0.2, 0.25) is 0 Å². The standard InChI is InChI=1S/C21H23N3O2S2/c1-14-6-8-16(9-7-14)21(27)20-15(2)11-18(24(20)3)12-19(28(22,25)26)17-5-4-10-23-13-17/h4-11,13,19H,12H2,1-3H3,(H2,22,25,26). The summed E-state index contributed by atoms with van der Waals surface area (Å²) >= 11 is 5.73. The zero-order valence-electron chi connectivity index (χ0n) is 16.1. The molecule has 0 aliphatic carbocycles. The fourth-order valence-corrected chi connectivity index (χ4v) is 4.73. The highest BCUT2D eigenvalue weighted by Gasteiger charge is 2.26. The van der Waals surface area contributed by atoms with E-state index in [9.17, 15) is 8.42 Å². The summed E-state index contributed by atoms with van der Waals surface area (Å²) in [4.78, 5) is 4.77. The van der Waals surface area contributed by atoms with Crippen molar-refractivity contribution in [1.29, 1.82) is 0 Å². The smallest absolute Gasteiger partial charge is 0.216 e. The van der Waals surface area contributed by atoms with Gasteiger partial charge in [-0.3, -0.25) is 4.98 Å². The van der Waals surface area contributed by atoms with Crippen molar-refractivity contribution in [3.05, 3.63) is 88.5 Å². The minimum absolute atomic E-state index is 0.248. The SMILES string of the molecule is Cc1ccc(C(=S)c2c(C)cc(CC(c3cccnc3)S(N)(=O)=O)n2C)cc1. The van der Waals surface area contributed by atoms with E-state index in [1.165, 1.54) is 5.56 Å². The predicted molar refractivity (Wildman–Crippen MR) is 116 cm³/mol. The lowest BCUT2D eigenvalue weighted by atomic mass is 10.1. The summed E-state index contributed by atoms with van der Waals surface area (Å²) < 4.78 is 26.4. The van der Waals surface area contributed by atoms with Crippen LogP contribution in [0.3, 0.4) is 0 Å². The van der Waals surface area contributed by atoms with Crippen LogP contribution in [0.1, 0.15) is 38.9 Å². The van der Waals surface area contributed by atoms with E-state index in [1.54, 1.807) is 24.5 Å². The van der Waals surface area contributed by atoms with E-state index < -0.39 is 15.3 Å². The Kier molecular flexibility index (Phi) is 5.79. The number of nitrogens with two attached hydrogens (primary N) is 1. The van der Waals surface area contributed by atoms with Gasteiger partial charge in [0.2, 0.25) is 10.0 Å². The van der Waals surface area contributed by atoms with Gasteiger partial charge >= 0.3 is 0 Å². The quantitative estimate of drug-likeness (QED) is 0.496. The first-order chi connectivity index (χ1) is 13.2. The molecule has 0 saturated heterocycles. The number of aromatic nitrogens is 2. The molecule has 2 N–H and O–H groups in total. The molecule has 1 aromatic carbocycles. The third-order valence-electron chi connectivity index (χ3n) is 4.90. The van der Waals surface area contributed by atoms with E-state index >= 15 is 0 Å². The molecule has 146 valence electrons. The van der Waals surface area contributed by atoms with Crippen molar-refractivity contribution in [2.45, 2.75) is 25.5 Å². The summed E-state index contributed by atoms with van der Waals surface area (Å²) in [6, 6.07) is 13.5. The van der Waals surface area contributed by atoms with Crippen molar-refractivity contribution >= 4 is 27.1 Å². The number of primary sulfonamides is 1. The van der Waals surface area contributed by atoms with Gasteiger partial charge in [-0.05, 0) is 42.7 Å². The zero-order valence-corrected chi connectivity index (χ0v) is 17.7. The Morgan fingerprint density at radius 3 is 2.46 bits per heavy atom. The van der Waals surface area contributed by atoms with E-state index in [0.717, 1.165) is 27.4 Å². The van der Waals surface area contributed by atoms with Crippen LogP contribution in [-0.2, 0) is 23.5 Å². The molecule has 3 rings (SSSR count). The minimum Gasteiger partial charge on any atom is -0.347 e. The number of nitrogens with zero attached hydrogens (tertiary/aromatic N) is 2. The summed E-state index contributed by atoms with van der Waals surface area (Å²) in [7, 11) is -1.90. The first-order valence-electron chi connectivity index (χ1n) is 8.86. The average Bonchev–Trinajstić information content (AvgIpc) is 2.93. The van der Waals surface area contributed by atoms with Crippen LogP contribution in [0.4, 0.5) is 0 Å². The Hall–Kier alpha value is -2.35. The van der Waals surface area contributed by atoms with Gasteiger partial charge in [0.05, 0.1) is 10.6 Å². The summed E-state index contributed by atoms with van der Waals surface area (Å²) in [5.74, 6) is 0. The van der Waals surface area contributed by atoms with Crippen LogP contribution in [0.5, 0.6) is 0 Å². The van der Waals surface area contributed by atoms with Gasteiger partial charge in [0.15, 0.2) is 0 Å². The van der Waals surface area contributed by atoms with Gasteiger partial charge in [-0.15, -0.1) is 0 Å². The minimum atomic E-state index is -3.80. The van der Waals surface area contributed by atoms with Crippen LogP contribution >= 0.6 is 12.2 Å². The molecule has 2 aromatic heterocycles. The topological polar surface area (TPSA) is 78.0 Å². The molecule has 1 atom stereocenters. The molecular weight excluding hydrogens is 390 g/mol. The van der Waals surface area contributed by atoms with Gasteiger partial charge in [-0.25, -0.2) is 13.6 Å². The van der Waals surface area contributed by atoms with Gasteiger partial charge in [-0.1, -0.05) is 48.1 Å². The maximum Gasteiger partial charge on any atom is 0.216 e. The Labute approximate surface area is 171 Å². The van der Waals surface area contributed by atoms with Gasteiger partial charge in [0, 0.05) is 31.6 Å². The third-order valence-corrected chi connectivity index (χ3v) is 6.56. The maximum absolute atomic E-state index is 12.2. The van der Waals surface area contributed by atoms with Gasteiger partial charge in [0.1, 0.15) is 5.25 Å². The molecule has 0 radical (unpaired) electrons. The first kappa shape index (κ1) is 20.4. The second kappa shape index (κ2) is 7.95. The molecule has 0 aliphatic heterocycles. The number of pyridine rings is 1. The molecule has 0 bridgehead atoms. The molecular formula is C21H23N3O2S2.